The van der Waals surface area contributed by atoms with E-state index in [2.05, 4.69) is 38.0 Å². The molecule has 28 heavy (non-hydrogen) atoms. The molecule has 3 aromatic rings. The molecule has 1 N–H and O–H groups in total. The first-order valence-electron chi connectivity index (χ1n) is 9.70. The Bertz CT molecular complexity index is 971. The van der Waals surface area contributed by atoms with Gasteiger partial charge in [-0.2, -0.15) is 5.10 Å². The van der Waals surface area contributed by atoms with Crippen LogP contribution < -0.4 is 5.32 Å². The zero-order valence-corrected chi connectivity index (χ0v) is 18.1. The van der Waals surface area contributed by atoms with E-state index in [4.69, 9.17) is 5.10 Å². The van der Waals surface area contributed by atoms with Gasteiger partial charge in [0, 0.05) is 16.8 Å². The quantitative estimate of drug-likeness (QED) is 0.610. The molecule has 0 atom stereocenters. The topological polar surface area (TPSA) is 59.8 Å². The SMILES string of the molecule is Cc1cccc(NC(=O)Cc2csc(-n3nc(C)c(CCC(C)C)c3C)n2)c1. The minimum Gasteiger partial charge on any atom is -0.326 e. The number of hydrogen-bond acceptors (Lipinski definition) is 4. The van der Waals surface area contributed by atoms with Crippen LogP contribution in [0, 0.1) is 26.7 Å². The molecule has 0 saturated carbocycles. The van der Waals surface area contributed by atoms with Gasteiger partial charge in [0.1, 0.15) is 0 Å². The maximum atomic E-state index is 12.3. The summed E-state index contributed by atoms with van der Waals surface area (Å²) in [6.07, 6.45) is 2.44. The van der Waals surface area contributed by atoms with Gasteiger partial charge in [-0.15, -0.1) is 11.3 Å². The van der Waals surface area contributed by atoms with Crippen LogP contribution in [-0.4, -0.2) is 20.7 Å². The molecule has 0 bridgehead atoms. The monoisotopic (exact) mass is 396 g/mol. The summed E-state index contributed by atoms with van der Waals surface area (Å²) < 4.78 is 1.91. The van der Waals surface area contributed by atoms with Gasteiger partial charge in [-0.05, 0) is 62.8 Å². The normalized spacial score (nSPS) is 11.2. The molecular weight excluding hydrogens is 368 g/mol. The van der Waals surface area contributed by atoms with E-state index in [0.29, 0.717) is 5.92 Å². The molecule has 2 aromatic heterocycles. The van der Waals surface area contributed by atoms with Gasteiger partial charge < -0.3 is 5.32 Å². The summed E-state index contributed by atoms with van der Waals surface area (Å²) in [6, 6.07) is 7.79. The van der Waals surface area contributed by atoms with Crippen LogP contribution >= 0.6 is 11.3 Å². The average Bonchev–Trinajstić information content (AvgIpc) is 3.17. The fourth-order valence-corrected chi connectivity index (χ4v) is 4.05. The van der Waals surface area contributed by atoms with Crippen LogP contribution in [0.1, 0.15) is 48.5 Å². The minimum atomic E-state index is -0.0616. The number of nitrogens with zero attached hydrogens (tertiary/aromatic N) is 3. The fourth-order valence-electron chi connectivity index (χ4n) is 3.22. The Morgan fingerprint density at radius 1 is 1.25 bits per heavy atom. The van der Waals surface area contributed by atoms with Crippen molar-refractivity contribution in [3.63, 3.8) is 0 Å². The van der Waals surface area contributed by atoms with Crippen molar-refractivity contribution in [3.05, 3.63) is 57.9 Å². The van der Waals surface area contributed by atoms with E-state index in [9.17, 15) is 4.79 Å². The Kier molecular flexibility index (Phi) is 6.29. The molecule has 0 fully saturated rings. The predicted octanol–water partition coefficient (Wildman–Crippen LogP) is 5.02. The highest BCUT2D eigenvalue weighted by Gasteiger charge is 2.16. The number of thiazole rings is 1. The fraction of sp³-hybridized carbons (Fsp3) is 0.409. The van der Waals surface area contributed by atoms with Crippen LogP contribution in [0.25, 0.3) is 5.13 Å². The average molecular weight is 397 g/mol. The number of amides is 1. The summed E-state index contributed by atoms with van der Waals surface area (Å²) in [5.74, 6) is 0.606. The second-order valence-corrected chi connectivity index (χ2v) is 8.55. The Labute approximate surface area is 170 Å². The number of nitrogens with one attached hydrogen (secondary N) is 1. The lowest BCUT2D eigenvalue weighted by Gasteiger charge is -2.05. The molecule has 3 rings (SSSR count). The molecule has 1 amide bonds. The summed E-state index contributed by atoms with van der Waals surface area (Å²) in [4.78, 5) is 17.0. The van der Waals surface area contributed by atoms with Crippen LogP contribution in [0.2, 0.25) is 0 Å². The zero-order valence-electron chi connectivity index (χ0n) is 17.2. The molecular formula is C22H28N4OS. The van der Waals surface area contributed by atoms with Gasteiger partial charge in [0.25, 0.3) is 0 Å². The molecule has 0 aliphatic carbocycles. The standard InChI is InChI=1S/C22H28N4OS/c1-14(2)9-10-20-16(4)25-26(17(20)5)22-24-19(13-28-22)12-21(27)23-18-8-6-7-15(3)11-18/h6-8,11,13-14H,9-10,12H2,1-5H3,(H,23,27). The molecule has 1 aromatic carbocycles. The molecule has 2 heterocycles. The second-order valence-electron chi connectivity index (χ2n) is 7.71. The van der Waals surface area contributed by atoms with Crippen LogP contribution in [-0.2, 0) is 17.6 Å². The lowest BCUT2D eigenvalue weighted by Crippen LogP contribution is -2.14. The molecule has 6 heteroatoms. The zero-order chi connectivity index (χ0) is 20.3. The molecule has 5 nitrogen and oxygen atoms in total. The molecule has 0 unspecified atom stereocenters. The number of carbonyl (C=O) groups excluding carboxylic acids is 1. The van der Waals surface area contributed by atoms with Gasteiger partial charge >= 0.3 is 0 Å². The number of anilines is 1. The number of aromatic nitrogens is 3. The third-order valence-corrected chi connectivity index (χ3v) is 5.64. The maximum Gasteiger partial charge on any atom is 0.230 e. The number of aryl methyl sites for hydroxylation is 2. The van der Waals surface area contributed by atoms with Crippen molar-refractivity contribution in [1.82, 2.24) is 14.8 Å². The Morgan fingerprint density at radius 3 is 2.75 bits per heavy atom. The Morgan fingerprint density at radius 2 is 2.04 bits per heavy atom. The number of benzene rings is 1. The van der Waals surface area contributed by atoms with Crippen LogP contribution in [0.3, 0.4) is 0 Å². The molecule has 0 aliphatic heterocycles. The largest absolute Gasteiger partial charge is 0.326 e. The highest BCUT2D eigenvalue weighted by atomic mass is 32.1. The molecule has 0 aliphatic rings. The Hall–Kier alpha value is -2.47. The summed E-state index contributed by atoms with van der Waals surface area (Å²) in [5.41, 5.74) is 6.21. The van der Waals surface area contributed by atoms with E-state index in [0.717, 1.165) is 46.3 Å². The van der Waals surface area contributed by atoms with Crippen molar-refractivity contribution >= 4 is 22.9 Å². The molecule has 0 radical (unpaired) electrons. The third kappa shape index (κ3) is 4.87. The third-order valence-electron chi connectivity index (χ3n) is 4.78. The minimum absolute atomic E-state index is 0.0616. The smallest absolute Gasteiger partial charge is 0.230 e. The van der Waals surface area contributed by atoms with Gasteiger partial charge in [-0.25, -0.2) is 9.67 Å². The lowest BCUT2D eigenvalue weighted by atomic mass is 10.0. The van der Waals surface area contributed by atoms with E-state index < -0.39 is 0 Å². The Balaban J connectivity index is 1.70. The van der Waals surface area contributed by atoms with E-state index in [1.807, 2.05) is 41.3 Å². The van der Waals surface area contributed by atoms with Gasteiger partial charge in [-0.1, -0.05) is 26.0 Å². The highest BCUT2D eigenvalue weighted by Crippen LogP contribution is 2.23. The van der Waals surface area contributed by atoms with Crippen LogP contribution in [0.4, 0.5) is 5.69 Å². The highest BCUT2D eigenvalue weighted by molar-refractivity contribution is 7.12. The van der Waals surface area contributed by atoms with E-state index in [1.165, 1.54) is 16.9 Å². The van der Waals surface area contributed by atoms with Crippen molar-refractivity contribution in [1.29, 1.82) is 0 Å². The summed E-state index contributed by atoms with van der Waals surface area (Å²) >= 11 is 1.52. The van der Waals surface area contributed by atoms with Crippen LogP contribution in [0.15, 0.2) is 29.6 Å². The van der Waals surface area contributed by atoms with Crippen molar-refractivity contribution in [3.8, 4) is 5.13 Å². The van der Waals surface area contributed by atoms with Gasteiger partial charge in [0.05, 0.1) is 17.8 Å². The lowest BCUT2D eigenvalue weighted by molar-refractivity contribution is -0.115. The van der Waals surface area contributed by atoms with Gasteiger partial charge in [0.2, 0.25) is 11.0 Å². The van der Waals surface area contributed by atoms with Gasteiger partial charge in [-0.3, -0.25) is 4.79 Å². The maximum absolute atomic E-state index is 12.3. The summed E-state index contributed by atoms with van der Waals surface area (Å²) in [5, 5.41) is 10.4. The molecule has 0 spiro atoms. The first-order chi connectivity index (χ1) is 13.3. The number of carbonyl (C=O) groups is 1. The van der Waals surface area contributed by atoms with E-state index in [1.54, 1.807) is 0 Å². The molecule has 148 valence electrons. The van der Waals surface area contributed by atoms with Crippen molar-refractivity contribution in [2.75, 3.05) is 5.32 Å². The predicted molar refractivity (Wildman–Crippen MR) is 115 cm³/mol. The van der Waals surface area contributed by atoms with Crippen molar-refractivity contribution < 1.29 is 4.79 Å². The first kappa shape index (κ1) is 20.3. The molecule has 0 saturated heterocycles. The number of rotatable bonds is 7. The summed E-state index contributed by atoms with van der Waals surface area (Å²) in [7, 11) is 0. The van der Waals surface area contributed by atoms with E-state index in [-0.39, 0.29) is 12.3 Å². The van der Waals surface area contributed by atoms with Crippen molar-refractivity contribution in [2.45, 2.75) is 53.9 Å². The van der Waals surface area contributed by atoms with Crippen LogP contribution in [0.5, 0.6) is 0 Å². The number of hydrogen-bond donors (Lipinski definition) is 1. The summed E-state index contributed by atoms with van der Waals surface area (Å²) in [6.45, 7) is 10.6. The van der Waals surface area contributed by atoms with Gasteiger partial charge in [0.15, 0.2) is 0 Å². The first-order valence-corrected chi connectivity index (χ1v) is 10.6. The second kappa shape index (κ2) is 8.69. The van der Waals surface area contributed by atoms with E-state index >= 15 is 0 Å². The van der Waals surface area contributed by atoms with Crippen molar-refractivity contribution in [2.24, 2.45) is 5.92 Å².